The fourth-order valence-corrected chi connectivity index (χ4v) is 1.65. The molecule has 0 aliphatic heterocycles. The third kappa shape index (κ3) is 3.69. The third-order valence-electron chi connectivity index (χ3n) is 1.88. The molecule has 0 saturated carbocycles. The van der Waals surface area contributed by atoms with E-state index in [2.05, 4.69) is 25.7 Å². The Bertz CT molecular complexity index is 426. The van der Waals surface area contributed by atoms with Gasteiger partial charge in [0, 0.05) is 0 Å². The molecule has 0 aliphatic carbocycles. The Labute approximate surface area is 104 Å². The van der Waals surface area contributed by atoms with Crippen LogP contribution in [0.4, 0.5) is 13.2 Å². The van der Waals surface area contributed by atoms with Crippen LogP contribution >= 0.6 is 15.9 Å². The summed E-state index contributed by atoms with van der Waals surface area (Å²) in [5, 5.41) is 0. The maximum Gasteiger partial charge on any atom is 0.311 e. The number of halogens is 4. The number of aromatic nitrogens is 1. The van der Waals surface area contributed by atoms with Crippen molar-refractivity contribution in [1.82, 2.24) is 4.98 Å². The topological polar surface area (TPSA) is 39.2 Å². The normalized spacial score (nSPS) is 10.7. The zero-order valence-corrected chi connectivity index (χ0v) is 10.4. The summed E-state index contributed by atoms with van der Waals surface area (Å²) < 4.78 is 43.1. The molecule has 0 amide bonds. The van der Waals surface area contributed by atoms with Crippen LogP contribution in [0.3, 0.4) is 0 Å². The molecule has 0 unspecified atom stereocenters. The van der Waals surface area contributed by atoms with E-state index < -0.39 is 30.2 Å². The molecule has 7 heteroatoms. The number of pyridine rings is 1. The van der Waals surface area contributed by atoms with Crippen LogP contribution in [-0.2, 0) is 16.0 Å². The maximum atomic E-state index is 13.5. The van der Waals surface area contributed by atoms with E-state index in [-0.39, 0.29) is 16.9 Å². The van der Waals surface area contributed by atoms with Crippen molar-refractivity contribution in [2.24, 2.45) is 0 Å². The molecule has 94 valence electrons. The average Bonchev–Trinajstić information content (AvgIpc) is 2.22. The summed E-state index contributed by atoms with van der Waals surface area (Å²) in [7, 11) is 0. The van der Waals surface area contributed by atoms with Crippen molar-refractivity contribution in [2.45, 2.75) is 19.8 Å². The van der Waals surface area contributed by atoms with Crippen molar-refractivity contribution in [1.29, 1.82) is 0 Å². The molecular formula is C10H9BrF3NO2. The largest absolute Gasteiger partial charge is 0.466 e. The van der Waals surface area contributed by atoms with Crippen molar-refractivity contribution in [2.75, 3.05) is 6.61 Å². The summed E-state index contributed by atoms with van der Waals surface area (Å²) in [6.07, 6.45) is -3.44. The fourth-order valence-electron chi connectivity index (χ4n) is 1.19. The molecule has 0 bridgehead atoms. The van der Waals surface area contributed by atoms with Gasteiger partial charge in [0.05, 0.1) is 24.3 Å². The van der Waals surface area contributed by atoms with Gasteiger partial charge in [-0.25, -0.2) is 18.2 Å². The highest BCUT2D eigenvalue weighted by Crippen LogP contribution is 2.26. The van der Waals surface area contributed by atoms with Gasteiger partial charge >= 0.3 is 5.97 Å². The zero-order valence-electron chi connectivity index (χ0n) is 8.84. The van der Waals surface area contributed by atoms with Crippen LogP contribution in [0.1, 0.15) is 24.6 Å². The van der Waals surface area contributed by atoms with E-state index in [0.717, 1.165) is 6.07 Å². The summed E-state index contributed by atoms with van der Waals surface area (Å²) in [6, 6.07) is 0.884. The van der Waals surface area contributed by atoms with E-state index >= 15 is 0 Å². The Kier molecular flexibility index (Phi) is 4.92. The first kappa shape index (κ1) is 14.0. The SMILES string of the molecule is CCOC(=O)Cc1nc(Br)cc(C(F)F)c1F. The highest BCUT2D eigenvalue weighted by atomic mass is 79.9. The number of ether oxygens (including phenoxy) is 1. The molecule has 3 nitrogen and oxygen atoms in total. The maximum absolute atomic E-state index is 13.5. The minimum absolute atomic E-state index is 0.0495. The minimum atomic E-state index is -2.96. The van der Waals surface area contributed by atoms with E-state index in [1.807, 2.05) is 0 Å². The minimum Gasteiger partial charge on any atom is -0.466 e. The molecule has 0 radical (unpaired) electrons. The summed E-state index contributed by atoms with van der Waals surface area (Å²) >= 11 is 2.88. The fraction of sp³-hybridized carbons (Fsp3) is 0.400. The first-order chi connectivity index (χ1) is 7.95. The van der Waals surface area contributed by atoms with Crippen molar-refractivity contribution in [3.63, 3.8) is 0 Å². The molecule has 1 heterocycles. The Hall–Kier alpha value is -1.11. The van der Waals surface area contributed by atoms with Crippen LogP contribution in [0.15, 0.2) is 10.7 Å². The Morgan fingerprint density at radius 1 is 1.59 bits per heavy atom. The van der Waals surface area contributed by atoms with Gasteiger partial charge in [0.1, 0.15) is 4.60 Å². The Morgan fingerprint density at radius 2 is 2.24 bits per heavy atom. The summed E-state index contributed by atoms with van der Waals surface area (Å²) in [6.45, 7) is 1.73. The lowest BCUT2D eigenvalue weighted by molar-refractivity contribution is -0.142. The second-order valence-electron chi connectivity index (χ2n) is 3.08. The second-order valence-corrected chi connectivity index (χ2v) is 3.89. The molecule has 0 atom stereocenters. The number of carbonyl (C=O) groups is 1. The van der Waals surface area contributed by atoms with Crippen molar-refractivity contribution < 1.29 is 22.7 Å². The standard InChI is InChI=1S/C10H9BrF3NO2/c1-2-17-8(16)4-6-9(12)5(10(13)14)3-7(11)15-6/h3,10H,2,4H2,1H3. The lowest BCUT2D eigenvalue weighted by Gasteiger charge is -2.07. The molecule has 0 fully saturated rings. The van der Waals surface area contributed by atoms with Gasteiger partial charge in [-0.1, -0.05) is 0 Å². The lowest BCUT2D eigenvalue weighted by Crippen LogP contribution is -2.12. The molecule has 17 heavy (non-hydrogen) atoms. The van der Waals surface area contributed by atoms with Crippen molar-refractivity contribution in [3.05, 3.63) is 27.7 Å². The summed E-state index contributed by atoms with van der Waals surface area (Å²) in [4.78, 5) is 14.8. The van der Waals surface area contributed by atoms with Crippen LogP contribution in [-0.4, -0.2) is 17.6 Å². The molecular weight excluding hydrogens is 303 g/mol. The molecule has 0 saturated heterocycles. The lowest BCUT2D eigenvalue weighted by atomic mass is 10.2. The molecule has 0 N–H and O–H groups in total. The Balaban J connectivity index is 3.03. The predicted molar refractivity (Wildman–Crippen MR) is 57.2 cm³/mol. The van der Waals surface area contributed by atoms with Gasteiger partial charge in [0.25, 0.3) is 6.43 Å². The molecule has 1 aromatic rings. The summed E-state index contributed by atoms with van der Waals surface area (Å²) in [5.74, 6) is -1.88. The van der Waals surface area contributed by atoms with E-state index in [1.54, 1.807) is 6.92 Å². The zero-order chi connectivity index (χ0) is 13.0. The molecule has 0 aromatic carbocycles. The van der Waals surface area contributed by atoms with E-state index in [9.17, 15) is 18.0 Å². The highest BCUT2D eigenvalue weighted by Gasteiger charge is 2.20. The van der Waals surface area contributed by atoms with E-state index in [0.29, 0.717) is 0 Å². The van der Waals surface area contributed by atoms with Gasteiger partial charge < -0.3 is 4.74 Å². The van der Waals surface area contributed by atoms with Gasteiger partial charge in [0.15, 0.2) is 5.82 Å². The number of hydrogen-bond donors (Lipinski definition) is 0. The number of hydrogen-bond acceptors (Lipinski definition) is 3. The molecule has 0 aliphatic rings. The Morgan fingerprint density at radius 3 is 2.76 bits per heavy atom. The first-order valence-electron chi connectivity index (χ1n) is 4.74. The van der Waals surface area contributed by atoms with Crippen LogP contribution in [0.2, 0.25) is 0 Å². The monoisotopic (exact) mass is 311 g/mol. The van der Waals surface area contributed by atoms with Crippen molar-refractivity contribution >= 4 is 21.9 Å². The number of nitrogens with zero attached hydrogens (tertiary/aromatic N) is 1. The second kappa shape index (κ2) is 6.00. The summed E-state index contributed by atoms with van der Waals surface area (Å²) in [5.41, 5.74) is -1.14. The first-order valence-corrected chi connectivity index (χ1v) is 5.53. The van der Waals surface area contributed by atoms with E-state index in [4.69, 9.17) is 0 Å². The quantitative estimate of drug-likeness (QED) is 0.634. The van der Waals surface area contributed by atoms with E-state index in [1.165, 1.54) is 0 Å². The smallest absolute Gasteiger partial charge is 0.311 e. The van der Waals surface area contributed by atoms with Gasteiger partial charge in [-0.15, -0.1) is 0 Å². The van der Waals surface area contributed by atoms with Crippen LogP contribution in [0.25, 0.3) is 0 Å². The number of alkyl halides is 2. The van der Waals surface area contributed by atoms with Gasteiger partial charge in [-0.3, -0.25) is 4.79 Å². The van der Waals surface area contributed by atoms with Crippen LogP contribution in [0, 0.1) is 5.82 Å². The number of esters is 1. The molecule has 1 aromatic heterocycles. The van der Waals surface area contributed by atoms with Gasteiger partial charge in [-0.05, 0) is 28.9 Å². The molecule has 1 rings (SSSR count). The van der Waals surface area contributed by atoms with Gasteiger partial charge in [-0.2, -0.15) is 0 Å². The predicted octanol–water partition coefficient (Wildman–Crippen LogP) is 3.03. The average molecular weight is 312 g/mol. The van der Waals surface area contributed by atoms with Crippen LogP contribution in [0.5, 0.6) is 0 Å². The van der Waals surface area contributed by atoms with Crippen molar-refractivity contribution in [3.8, 4) is 0 Å². The number of carbonyl (C=O) groups excluding carboxylic acids is 1. The highest BCUT2D eigenvalue weighted by molar-refractivity contribution is 9.10. The number of rotatable bonds is 4. The third-order valence-corrected chi connectivity index (χ3v) is 2.28. The van der Waals surface area contributed by atoms with Gasteiger partial charge in [0.2, 0.25) is 0 Å². The van der Waals surface area contributed by atoms with Crippen LogP contribution < -0.4 is 0 Å². The molecule has 0 spiro atoms.